The Kier molecular flexibility index (Phi) is 11.5. The van der Waals surface area contributed by atoms with Crippen LogP contribution in [0.4, 0.5) is 0 Å². The number of nitrogens with one attached hydrogen (secondary N) is 2. The van der Waals surface area contributed by atoms with E-state index in [2.05, 4.69) is 10.6 Å². The van der Waals surface area contributed by atoms with Crippen molar-refractivity contribution in [3.8, 4) is 0 Å². The van der Waals surface area contributed by atoms with Crippen LogP contribution in [0, 0.1) is 11.3 Å². The third kappa shape index (κ3) is 9.09. The molecule has 0 spiro atoms. The van der Waals surface area contributed by atoms with Crippen LogP contribution in [-0.2, 0) is 30.4 Å². The molecule has 0 aliphatic carbocycles. The third-order valence-corrected chi connectivity index (χ3v) is 6.61. The minimum absolute atomic E-state index is 0.266. The van der Waals surface area contributed by atoms with Crippen LogP contribution in [0.3, 0.4) is 0 Å². The van der Waals surface area contributed by atoms with E-state index in [-0.39, 0.29) is 11.8 Å². The highest BCUT2D eigenvalue weighted by Gasteiger charge is 2.37. The maximum absolute atomic E-state index is 13.5. The molecule has 1 aromatic rings. The standard InChI is InChI=1S/C26H40ClN3O5/c1-18(30(17-31)35-22-11-6-7-16-34-22)21(10-8-9-19-12-14-20(27)15-13-19)24(32)29-23(25(33)28-5)26(2,3)4/h12-15,17-18,21-23H,6-11,16H2,1-5H3,(H,28,33)(H,29,32)/t18-,21+,22?,23+/m0/s1. The molecule has 1 unspecified atom stereocenters. The number of nitrogens with zero attached hydrogens (tertiary/aromatic N) is 1. The second-order valence-corrected chi connectivity index (χ2v) is 10.6. The molecule has 196 valence electrons. The minimum Gasteiger partial charge on any atom is -0.357 e. The zero-order valence-electron chi connectivity index (χ0n) is 21.5. The van der Waals surface area contributed by atoms with Crippen molar-refractivity contribution in [1.29, 1.82) is 0 Å². The van der Waals surface area contributed by atoms with Crippen molar-refractivity contribution in [3.63, 3.8) is 0 Å². The van der Waals surface area contributed by atoms with E-state index in [0.29, 0.717) is 37.3 Å². The molecule has 1 aromatic carbocycles. The molecule has 1 aliphatic heterocycles. The number of rotatable bonds is 12. The van der Waals surface area contributed by atoms with Crippen LogP contribution in [0.25, 0.3) is 0 Å². The first-order valence-electron chi connectivity index (χ1n) is 12.3. The second-order valence-electron chi connectivity index (χ2n) is 10.2. The molecule has 3 amide bonds. The van der Waals surface area contributed by atoms with Crippen molar-refractivity contribution in [2.75, 3.05) is 13.7 Å². The van der Waals surface area contributed by atoms with Gasteiger partial charge in [0.2, 0.25) is 18.2 Å². The number of aryl methyl sites for hydroxylation is 1. The molecule has 1 fully saturated rings. The average molecular weight is 510 g/mol. The van der Waals surface area contributed by atoms with E-state index in [1.807, 2.05) is 45.0 Å². The molecule has 0 bridgehead atoms. The van der Waals surface area contributed by atoms with Crippen molar-refractivity contribution < 1.29 is 24.0 Å². The maximum Gasteiger partial charge on any atom is 0.242 e. The van der Waals surface area contributed by atoms with E-state index in [1.54, 1.807) is 14.0 Å². The number of benzene rings is 1. The van der Waals surface area contributed by atoms with Gasteiger partial charge in [0.1, 0.15) is 6.04 Å². The molecule has 0 saturated carbocycles. The van der Waals surface area contributed by atoms with Crippen LogP contribution in [0.1, 0.15) is 65.4 Å². The quantitative estimate of drug-likeness (QED) is 0.329. The lowest BCUT2D eigenvalue weighted by atomic mass is 9.85. The monoisotopic (exact) mass is 509 g/mol. The number of likely N-dealkylation sites (N-methyl/N-ethyl adjacent to an activating group) is 1. The SMILES string of the molecule is CNC(=O)[C@@H](NC(=O)[C@H](CCCc1ccc(Cl)cc1)[C@H](C)N(C=O)OC1CCCCO1)C(C)(C)C. The van der Waals surface area contributed by atoms with Crippen LogP contribution in [0.15, 0.2) is 24.3 Å². The van der Waals surface area contributed by atoms with E-state index in [0.717, 1.165) is 24.8 Å². The van der Waals surface area contributed by atoms with Gasteiger partial charge in [-0.05, 0) is 62.1 Å². The van der Waals surface area contributed by atoms with Gasteiger partial charge in [-0.25, -0.2) is 9.90 Å². The molecular weight excluding hydrogens is 470 g/mol. The minimum atomic E-state index is -0.724. The van der Waals surface area contributed by atoms with Crippen LogP contribution in [-0.4, -0.2) is 55.3 Å². The normalized spacial score (nSPS) is 18.7. The van der Waals surface area contributed by atoms with Gasteiger partial charge in [-0.2, -0.15) is 0 Å². The fourth-order valence-corrected chi connectivity index (χ4v) is 4.29. The molecule has 9 heteroatoms. The molecule has 4 atom stereocenters. The summed E-state index contributed by atoms with van der Waals surface area (Å²) in [5.41, 5.74) is 0.613. The number of hydrogen-bond donors (Lipinski definition) is 2. The lowest BCUT2D eigenvalue weighted by Crippen LogP contribution is -2.56. The van der Waals surface area contributed by atoms with Gasteiger partial charge in [-0.1, -0.05) is 44.5 Å². The summed E-state index contributed by atoms with van der Waals surface area (Å²) in [4.78, 5) is 43.8. The molecule has 1 aliphatic rings. The van der Waals surface area contributed by atoms with Gasteiger partial charge < -0.3 is 15.4 Å². The summed E-state index contributed by atoms with van der Waals surface area (Å²) in [5, 5.41) is 7.42. The van der Waals surface area contributed by atoms with Gasteiger partial charge >= 0.3 is 0 Å². The summed E-state index contributed by atoms with van der Waals surface area (Å²) < 4.78 is 5.62. The molecule has 1 saturated heterocycles. The molecule has 35 heavy (non-hydrogen) atoms. The Hall–Kier alpha value is -2.16. The number of hydrogen-bond acceptors (Lipinski definition) is 5. The largest absolute Gasteiger partial charge is 0.357 e. The highest BCUT2D eigenvalue weighted by molar-refractivity contribution is 6.30. The average Bonchev–Trinajstić information content (AvgIpc) is 2.83. The number of halogens is 1. The number of ether oxygens (including phenoxy) is 1. The van der Waals surface area contributed by atoms with E-state index >= 15 is 0 Å². The van der Waals surface area contributed by atoms with E-state index in [4.69, 9.17) is 21.2 Å². The fourth-order valence-electron chi connectivity index (χ4n) is 4.16. The highest BCUT2D eigenvalue weighted by atomic mass is 35.5. The summed E-state index contributed by atoms with van der Waals surface area (Å²) in [5.74, 6) is -1.15. The van der Waals surface area contributed by atoms with Crippen molar-refractivity contribution >= 4 is 29.8 Å². The lowest BCUT2D eigenvalue weighted by Gasteiger charge is -2.36. The van der Waals surface area contributed by atoms with Crippen LogP contribution in [0.5, 0.6) is 0 Å². The fraction of sp³-hybridized carbons (Fsp3) is 0.654. The predicted octanol–water partition coefficient (Wildman–Crippen LogP) is 3.86. The van der Waals surface area contributed by atoms with Gasteiger partial charge in [-0.3, -0.25) is 14.4 Å². The molecule has 1 heterocycles. The summed E-state index contributed by atoms with van der Waals surface area (Å²) in [6.07, 6.45) is 4.64. The Bertz CT molecular complexity index is 821. The number of carbonyl (C=O) groups is 3. The molecule has 0 radical (unpaired) electrons. The van der Waals surface area contributed by atoms with Gasteiger partial charge in [-0.15, -0.1) is 0 Å². The first-order chi connectivity index (χ1) is 16.6. The highest BCUT2D eigenvalue weighted by Crippen LogP contribution is 2.25. The molecule has 0 aromatic heterocycles. The summed E-state index contributed by atoms with van der Waals surface area (Å²) in [6, 6.07) is 6.32. The smallest absolute Gasteiger partial charge is 0.242 e. The lowest BCUT2D eigenvalue weighted by molar-refractivity contribution is -0.287. The third-order valence-electron chi connectivity index (χ3n) is 6.36. The number of amides is 3. The van der Waals surface area contributed by atoms with E-state index in [9.17, 15) is 14.4 Å². The first-order valence-corrected chi connectivity index (χ1v) is 12.7. The number of hydroxylamine groups is 2. The zero-order valence-corrected chi connectivity index (χ0v) is 22.3. The number of carbonyl (C=O) groups excluding carboxylic acids is 3. The van der Waals surface area contributed by atoms with Gasteiger partial charge in [0.15, 0.2) is 6.29 Å². The van der Waals surface area contributed by atoms with Crippen molar-refractivity contribution in [3.05, 3.63) is 34.9 Å². The first kappa shape index (κ1) is 29.1. The van der Waals surface area contributed by atoms with Crippen LogP contribution < -0.4 is 10.6 Å². The molecule has 2 N–H and O–H groups in total. The predicted molar refractivity (Wildman–Crippen MR) is 135 cm³/mol. The Morgan fingerprint density at radius 3 is 2.46 bits per heavy atom. The molecule has 8 nitrogen and oxygen atoms in total. The summed E-state index contributed by atoms with van der Waals surface area (Å²) in [7, 11) is 1.55. The Morgan fingerprint density at radius 1 is 1.23 bits per heavy atom. The Labute approximate surface area is 214 Å². The zero-order chi connectivity index (χ0) is 26.0. The van der Waals surface area contributed by atoms with E-state index in [1.165, 1.54) is 5.06 Å². The molecule has 2 rings (SSSR count). The van der Waals surface area contributed by atoms with Crippen molar-refractivity contribution in [1.82, 2.24) is 15.7 Å². The van der Waals surface area contributed by atoms with Crippen LogP contribution >= 0.6 is 11.6 Å². The van der Waals surface area contributed by atoms with E-state index < -0.39 is 29.7 Å². The van der Waals surface area contributed by atoms with Crippen molar-refractivity contribution in [2.45, 2.75) is 84.6 Å². The second kappa shape index (κ2) is 13.8. The summed E-state index contributed by atoms with van der Waals surface area (Å²) >= 11 is 5.98. The van der Waals surface area contributed by atoms with Gasteiger partial charge in [0, 0.05) is 25.1 Å². The van der Waals surface area contributed by atoms with Crippen LogP contribution in [0.2, 0.25) is 5.02 Å². The maximum atomic E-state index is 13.5. The van der Waals surface area contributed by atoms with Gasteiger partial charge in [0.25, 0.3) is 0 Å². The molecular formula is C26H40ClN3O5. The Morgan fingerprint density at radius 2 is 1.91 bits per heavy atom. The topological polar surface area (TPSA) is 97.0 Å². The van der Waals surface area contributed by atoms with Crippen molar-refractivity contribution in [2.24, 2.45) is 11.3 Å². The van der Waals surface area contributed by atoms with Gasteiger partial charge in [0.05, 0.1) is 12.0 Å². The Balaban J connectivity index is 2.18. The summed E-state index contributed by atoms with van der Waals surface area (Å²) in [6.45, 7) is 8.06.